The summed E-state index contributed by atoms with van der Waals surface area (Å²) in [7, 11) is 0. The molecule has 3 heteroatoms. The number of piperazine rings is 1. The van der Waals surface area contributed by atoms with Crippen LogP contribution in [0.1, 0.15) is 22.7 Å². The lowest BCUT2D eigenvalue weighted by Crippen LogP contribution is -2.47. The standard InChI is InChI=1S/C24H26N2O/c27-23-13-7-8-20(18-23)19-25-14-16-26(17-15-25)24(21-9-3-1-4-10-21)22-11-5-2-6-12-22/h1-13,18,24,27H,14-17,19H2. The fourth-order valence-corrected chi connectivity index (χ4v) is 3.98. The van der Waals surface area contributed by atoms with E-state index in [4.69, 9.17) is 0 Å². The molecule has 138 valence electrons. The van der Waals surface area contributed by atoms with Gasteiger partial charge in [0, 0.05) is 32.7 Å². The van der Waals surface area contributed by atoms with Crippen LogP contribution in [0.2, 0.25) is 0 Å². The van der Waals surface area contributed by atoms with Gasteiger partial charge >= 0.3 is 0 Å². The Bertz CT molecular complexity index is 803. The zero-order valence-electron chi connectivity index (χ0n) is 15.5. The van der Waals surface area contributed by atoms with Crippen LogP contribution in [0.4, 0.5) is 0 Å². The lowest BCUT2D eigenvalue weighted by atomic mass is 9.96. The van der Waals surface area contributed by atoms with Gasteiger partial charge in [0.25, 0.3) is 0 Å². The Labute approximate surface area is 161 Å². The van der Waals surface area contributed by atoms with Gasteiger partial charge in [0.15, 0.2) is 0 Å². The van der Waals surface area contributed by atoms with Gasteiger partial charge < -0.3 is 5.11 Å². The maximum absolute atomic E-state index is 9.68. The van der Waals surface area contributed by atoms with Crippen molar-refractivity contribution in [1.29, 1.82) is 0 Å². The number of phenolic OH excluding ortho intramolecular Hbond substituents is 1. The minimum absolute atomic E-state index is 0.301. The first-order chi connectivity index (χ1) is 13.3. The molecule has 0 spiro atoms. The van der Waals surface area contributed by atoms with Gasteiger partial charge in [0.2, 0.25) is 0 Å². The van der Waals surface area contributed by atoms with E-state index in [-0.39, 0.29) is 0 Å². The molecular formula is C24H26N2O. The molecule has 0 amide bonds. The molecule has 1 N–H and O–H groups in total. The number of benzene rings is 3. The maximum Gasteiger partial charge on any atom is 0.115 e. The van der Waals surface area contributed by atoms with Crippen LogP contribution in [0.3, 0.4) is 0 Å². The van der Waals surface area contributed by atoms with Gasteiger partial charge in [-0.2, -0.15) is 0 Å². The van der Waals surface area contributed by atoms with E-state index in [0.29, 0.717) is 11.8 Å². The average molecular weight is 358 g/mol. The van der Waals surface area contributed by atoms with Crippen LogP contribution in [0.15, 0.2) is 84.9 Å². The third-order valence-electron chi connectivity index (χ3n) is 5.32. The number of aromatic hydroxyl groups is 1. The number of hydrogen-bond acceptors (Lipinski definition) is 3. The second-order valence-electron chi connectivity index (χ2n) is 7.21. The summed E-state index contributed by atoms with van der Waals surface area (Å²) in [6.07, 6.45) is 0. The van der Waals surface area contributed by atoms with Gasteiger partial charge in [-0.15, -0.1) is 0 Å². The van der Waals surface area contributed by atoms with E-state index >= 15 is 0 Å². The highest BCUT2D eigenvalue weighted by atomic mass is 16.3. The van der Waals surface area contributed by atoms with Gasteiger partial charge in [-0.05, 0) is 28.8 Å². The highest BCUT2D eigenvalue weighted by molar-refractivity contribution is 5.32. The van der Waals surface area contributed by atoms with Crippen LogP contribution in [-0.4, -0.2) is 41.1 Å². The Balaban J connectivity index is 1.47. The van der Waals surface area contributed by atoms with E-state index in [1.54, 1.807) is 6.07 Å². The van der Waals surface area contributed by atoms with Crippen LogP contribution in [0.5, 0.6) is 5.75 Å². The molecule has 0 bridgehead atoms. The van der Waals surface area contributed by atoms with E-state index in [1.807, 2.05) is 12.1 Å². The molecule has 3 aromatic carbocycles. The summed E-state index contributed by atoms with van der Waals surface area (Å²) in [5, 5.41) is 9.68. The fraction of sp³-hybridized carbons (Fsp3) is 0.250. The number of rotatable bonds is 5. The molecule has 1 heterocycles. The molecule has 3 aromatic rings. The number of nitrogens with zero attached hydrogens (tertiary/aromatic N) is 2. The SMILES string of the molecule is Oc1cccc(CN2CCN(C(c3ccccc3)c3ccccc3)CC2)c1. The Morgan fingerprint density at radius 2 is 1.30 bits per heavy atom. The molecular weight excluding hydrogens is 332 g/mol. The zero-order valence-corrected chi connectivity index (χ0v) is 15.5. The molecule has 0 aliphatic carbocycles. The van der Waals surface area contributed by atoms with Crippen molar-refractivity contribution in [2.45, 2.75) is 12.6 Å². The number of hydrogen-bond donors (Lipinski definition) is 1. The average Bonchev–Trinajstić information content (AvgIpc) is 2.71. The van der Waals surface area contributed by atoms with Crippen LogP contribution in [0, 0.1) is 0 Å². The zero-order chi connectivity index (χ0) is 18.5. The quantitative estimate of drug-likeness (QED) is 0.737. The van der Waals surface area contributed by atoms with Gasteiger partial charge in [0.1, 0.15) is 5.75 Å². The fourth-order valence-electron chi connectivity index (χ4n) is 3.98. The predicted molar refractivity (Wildman–Crippen MR) is 110 cm³/mol. The summed E-state index contributed by atoms with van der Waals surface area (Å²) in [6, 6.07) is 29.5. The summed E-state index contributed by atoms with van der Waals surface area (Å²) < 4.78 is 0. The van der Waals surface area contributed by atoms with Crippen molar-refractivity contribution in [2.75, 3.05) is 26.2 Å². The van der Waals surface area contributed by atoms with Crippen molar-refractivity contribution in [1.82, 2.24) is 9.80 Å². The Hall–Kier alpha value is -2.62. The smallest absolute Gasteiger partial charge is 0.115 e. The first-order valence-electron chi connectivity index (χ1n) is 9.64. The summed E-state index contributed by atoms with van der Waals surface area (Å²) in [5.41, 5.74) is 3.88. The molecule has 0 unspecified atom stereocenters. The molecule has 27 heavy (non-hydrogen) atoms. The lowest BCUT2D eigenvalue weighted by molar-refractivity contribution is 0.105. The first-order valence-corrected chi connectivity index (χ1v) is 9.64. The van der Waals surface area contributed by atoms with Crippen LogP contribution in [-0.2, 0) is 6.54 Å². The van der Waals surface area contributed by atoms with Crippen molar-refractivity contribution >= 4 is 0 Å². The molecule has 1 aliphatic heterocycles. The second kappa shape index (κ2) is 8.38. The summed E-state index contributed by atoms with van der Waals surface area (Å²) in [6.45, 7) is 5.03. The summed E-state index contributed by atoms with van der Waals surface area (Å²) >= 11 is 0. The van der Waals surface area contributed by atoms with E-state index in [2.05, 4.69) is 76.5 Å². The van der Waals surface area contributed by atoms with Crippen LogP contribution in [0.25, 0.3) is 0 Å². The molecule has 1 aliphatic rings. The van der Waals surface area contributed by atoms with Gasteiger partial charge in [-0.1, -0.05) is 72.8 Å². The Morgan fingerprint density at radius 3 is 1.85 bits per heavy atom. The topological polar surface area (TPSA) is 26.7 Å². The van der Waals surface area contributed by atoms with Crippen molar-refractivity contribution in [2.24, 2.45) is 0 Å². The van der Waals surface area contributed by atoms with E-state index in [0.717, 1.165) is 32.7 Å². The number of phenols is 1. The van der Waals surface area contributed by atoms with Crippen molar-refractivity contribution in [3.05, 3.63) is 102 Å². The second-order valence-corrected chi connectivity index (χ2v) is 7.21. The van der Waals surface area contributed by atoms with Crippen LogP contribution >= 0.6 is 0 Å². The van der Waals surface area contributed by atoms with Gasteiger partial charge in [0.05, 0.1) is 6.04 Å². The van der Waals surface area contributed by atoms with Gasteiger partial charge in [-0.25, -0.2) is 0 Å². The van der Waals surface area contributed by atoms with Crippen LogP contribution < -0.4 is 0 Å². The van der Waals surface area contributed by atoms with E-state index in [9.17, 15) is 5.11 Å². The highest BCUT2D eigenvalue weighted by Gasteiger charge is 2.26. The maximum atomic E-state index is 9.68. The third-order valence-corrected chi connectivity index (χ3v) is 5.32. The molecule has 1 fully saturated rings. The largest absolute Gasteiger partial charge is 0.508 e. The Morgan fingerprint density at radius 1 is 0.704 bits per heavy atom. The Kier molecular flexibility index (Phi) is 5.52. The molecule has 0 saturated carbocycles. The highest BCUT2D eigenvalue weighted by Crippen LogP contribution is 2.29. The molecule has 0 aromatic heterocycles. The summed E-state index contributed by atoms with van der Waals surface area (Å²) in [4.78, 5) is 5.06. The minimum Gasteiger partial charge on any atom is -0.508 e. The normalized spacial score (nSPS) is 15.9. The predicted octanol–water partition coefficient (Wildman–Crippen LogP) is 4.30. The summed E-state index contributed by atoms with van der Waals surface area (Å²) in [5.74, 6) is 0.347. The van der Waals surface area contributed by atoms with Crippen molar-refractivity contribution < 1.29 is 5.11 Å². The lowest BCUT2D eigenvalue weighted by Gasteiger charge is -2.39. The molecule has 3 nitrogen and oxygen atoms in total. The minimum atomic E-state index is 0.301. The molecule has 0 atom stereocenters. The van der Waals surface area contributed by atoms with E-state index < -0.39 is 0 Å². The van der Waals surface area contributed by atoms with Crippen molar-refractivity contribution in [3.8, 4) is 5.75 Å². The first kappa shape index (κ1) is 17.8. The monoisotopic (exact) mass is 358 g/mol. The van der Waals surface area contributed by atoms with E-state index in [1.165, 1.54) is 16.7 Å². The third kappa shape index (κ3) is 4.38. The molecule has 0 radical (unpaired) electrons. The van der Waals surface area contributed by atoms with Gasteiger partial charge in [-0.3, -0.25) is 9.80 Å². The molecule has 4 rings (SSSR count). The molecule has 1 saturated heterocycles. The van der Waals surface area contributed by atoms with Crippen molar-refractivity contribution in [3.63, 3.8) is 0 Å².